The van der Waals surface area contributed by atoms with Crippen LogP contribution in [0, 0.1) is 5.41 Å². The van der Waals surface area contributed by atoms with Crippen molar-refractivity contribution in [3.63, 3.8) is 0 Å². The third-order valence-electron chi connectivity index (χ3n) is 3.28. The van der Waals surface area contributed by atoms with Crippen molar-refractivity contribution in [1.29, 1.82) is 0 Å². The Bertz CT molecular complexity index is 353. The predicted molar refractivity (Wildman–Crippen MR) is 55.8 cm³/mol. The summed E-state index contributed by atoms with van der Waals surface area (Å²) in [5.74, 6) is -2.91. The van der Waals surface area contributed by atoms with Gasteiger partial charge < -0.3 is 0 Å². The summed E-state index contributed by atoms with van der Waals surface area (Å²) in [6.07, 6.45) is 0.687. The molecule has 0 radical (unpaired) electrons. The summed E-state index contributed by atoms with van der Waals surface area (Å²) in [5, 5.41) is 0. The molecule has 90 valence electrons. The average Bonchev–Trinajstić information content (AvgIpc) is 2.62. The van der Waals surface area contributed by atoms with Gasteiger partial charge in [-0.3, -0.25) is 0 Å². The summed E-state index contributed by atoms with van der Waals surface area (Å²) in [6.45, 7) is 3.55. The summed E-state index contributed by atoms with van der Waals surface area (Å²) in [4.78, 5) is 0. The molecule has 0 aromatic rings. The van der Waals surface area contributed by atoms with Gasteiger partial charge in [0.2, 0.25) is 15.0 Å². The fraction of sp³-hybridized carbons (Fsp3) is 1.00. The summed E-state index contributed by atoms with van der Waals surface area (Å²) in [6, 6.07) is 0. The molecule has 0 saturated heterocycles. The van der Waals surface area contributed by atoms with Crippen LogP contribution in [0.4, 0.5) is 8.78 Å². The molecule has 0 bridgehead atoms. The molecule has 0 heterocycles. The smallest absolute Gasteiger partial charge is 0.212 e. The van der Waals surface area contributed by atoms with Crippen molar-refractivity contribution in [3.8, 4) is 0 Å². The first-order valence-electron chi connectivity index (χ1n) is 4.73. The van der Waals surface area contributed by atoms with Crippen molar-refractivity contribution in [1.82, 2.24) is 0 Å². The molecule has 1 saturated carbocycles. The van der Waals surface area contributed by atoms with Gasteiger partial charge in [-0.15, -0.1) is 0 Å². The Morgan fingerprint density at radius 2 is 1.67 bits per heavy atom. The van der Waals surface area contributed by atoms with Gasteiger partial charge in [-0.25, -0.2) is 17.2 Å². The van der Waals surface area contributed by atoms with E-state index in [0.717, 1.165) is 6.92 Å². The molecule has 0 N–H and O–H groups in total. The van der Waals surface area contributed by atoms with E-state index in [1.807, 2.05) is 0 Å². The van der Waals surface area contributed by atoms with Gasteiger partial charge in [0.05, 0.1) is 4.75 Å². The Morgan fingerprint density at radius 1 is 1.27 bits per heavy atom. The van der Waals surface area contributed by atoms with Crippen molar-refractivity contribution in [2.45, 2.75) is 50.7 Å². The van der Waals surface area contributed by atoms with E-state index >= 15 is 0 Å². The van der Waals surface area contributed by atoms with E-state index in [4.69, 9.17) is 10.7 Å². The zero-order valence-corrected chi connectivity index (χ0v) is 10.6. The largest absolute Gasteiger partial charge is 0.250 e. The zero-order valence-electron chi connectivity index (χ0n) is 8.98. The number of rotatable bonds is 4. The van der Waals surface area contributed by atoms with Crippen molar-refractivity contribution < 1.29 is 17.2 Å². The minimum atomic E-state index is -3.75. The summed E-state index contributed by atoms with van der Waals surface area (Å²) < 4.78 is 47.8. The minimum Gasteiger partial charge on any atom is -0.212 e. The van der Waals surface area contributed by atoms with E-state index in [1.54, 1.807) is 0 Å². The van der Waals surface area contributed by atoms with Crippen LogP contribution in [-0.4, -0.2) is 19.1 Å². The molecule has 0 amide bonds. The Kier molecular flexibility index (Phi) is 2.89. The van der Waals surface area contributed by atoms with Crippen LogP contribution in [0.1, 0.15) is 40.0 Å². The van der Waals surface area contributed by atoms with Crippen LogP contribution in [0.3, 0.4) is 0 Å². The third kappa shape index (κ3) is 2.44. The Labute approximate surface area is 93.4 Å². The van der Waals surface area contributed by atoms with Crippen LogP contribution in [0.2, 0.25) is 0 Å². The molecule has 0 aliphatic heterocycles. The van der Waals surface area contributed by atoms with E-state index < -0.39 is 25.1 Å². The molecule has 2 nitrogen and oxygen atoms in total. The van der Waals surface area contributed by atoms with Crippen LogP contribution < -0.4 is 0 Å². The third-order valence-corrected chi connectivity index (χ3v) is 5.85. The minimum absolute atomic E-state index is 0.0880. The molecule has 0 unspecified atom stereocenters. The second-order valence-electron chi connectivity index (χ2n) is 5.07. The number of halogens is 3. The van der Waals surface area contributed by atoms with Gasteiger partial charge in [0, 0.05) is 16.1 Å². The first kappa shape index (κ1) is 13.2. The van der Waals surface area contributed by atoms with Crippen LogP contribution in [-0.2, 0) is 9.05 Å². The lowest BCUT2D eigenvalue weighted by Gasteiger charge is -2.33. The highest BCUT2D eigenvalue weighted by atomic mass is 35.7. The molecule has 0 atom stereocenters. The highest BCUT2D eigenvalue weighted by molar-refractivity contribution is 8.15. The molecule has 6 heteroatoms. The van der Waals surface area contributed by atoms with Gasteiger partial charge in [-0.2, -0.15) is 0 Å². The van der Waals surface area contributed by atoms with Crippen molar-refractivity contribution in [3.05, 3.63) is 0 Å². The highest BCUT2D eigenvalue weighted by Gasteiger charge is 2.59. The number of hydrogen-bond acceptors (Lipinski definition) is 2. The molecule has 0 spiro atoms. The van der Waals surface area contributed by atoms with E-state index in [1.165, 1.54) is 13.8 Å². The summed E-state index contributed by atoms with van der Waals surface area (Å²) in [7, 11) is 1.52. The Hall–Kier alpha value is 0.1000. The topological polar surface area (TPSA) is 34.1 Å². The maximum atomic E-state index is 13.2. The SMILES string of the molecule is CC(F)(F)C(C)(C)CC1(S(=O)(=O)Cl)CC1. The number of hydrogen-bond donors (Lipinski definition) is 0. The monoisotopic (exact) mass is 260 g/mol. The van der Waals surface area contributed by atoms with E-state index in [-0.39, 0.29) is 6.42 Å². The Morgan fingerprint density at radius 3 is 1.87 bits per heavy atom. The molecule has 15 heavy (non-hydrogen) atoms. The van der Waals surface area contributed by atoms with E-state index in [0.29, 0.717) is 12.8 Å². The first-order valence-corrected chi connectivity index (χ1v) is 7.04. The lowest BCUT2D eigenvalue weighted by atomic mass is 9.81. The van der Waals surface area contributed by atoms with E-state index in [9.17, 15) is 17.2 Å². The fourth-order valence-corrected chi connectivity index (χ4v) is 3.36. The highest BCUT2D eigenvalue weighted by Crippen LogP contribution is 2.55. The fourth-order valence-electron chi connectivity index (χ4n) is 1.61. The van der Waals surface area contributed by atoms with Crippen molar-refractivity contribution in [2.24, 2.45) is 5.41 Å². The van der Waals surface area contributed by atoms with Crippen molar-refractivity contribution >= 4 is 19.7 Å². The normalized spacial score (nSPS) is 21.5. The van der Waals surface area contributed by atoms with E-state index in [2.05, 4.69) is 0 Å². The maximum Gasteiger partial charge on any atom is 0.250 e. The van der Waals surface area contributed by atoms with Gasteiger partial charge in [0.1, 0.15) is 0 Å². The van der Waals surface area contributed by atoms with Crippen LogP contribution in [0.15, 0.2) is 0 Å². The van der Waals surface area contributed by atoms with Gasteiger partial charge in [-0.1, -0.05) is 13.8 Å². The Balaban J connectivity index is 2.89. The van der Waals surface area contributed by atoms with Crippen LogP contribution in [0.5, 0.6) is 0 Å². The van der Waals surface area contributed by atoms with Crippen LogP contribution >= 0.6 is 10.7 Å². The molecular formula is C9H15ClF2O2S. The molecular weight excluding hydrogens is 246 g/mol. The molecule has 1 aliphatic carbocycles. The predicted octanol–water partition coefficient (Wildman–Crippen LogP) is 3.16. The standard InChI is InChI=1S/C9H15ClF2O2S/c1-7(2,8(3,11)12)6-9(4-5-9)15(10,13)14/h4-6H2,1-3H3. The molecule has 0 aromatic heterocycles. The van der Waals surface area contributed by atoms with Crippen LogP contribution in [0.25, 0.3) is 0 Å². The number of alkyl halides is 2. The maximum absolute atomic E-state index is 13.2. The molecule has 1 aliphatic rings. The van der Waals surface area contributed by atoms with Gasteiger partial charge >= 0.3 is 0 Å². The van der Waals surface area contributed by atoms with Gasteiger partial charge in [-0.05, 0) is 26.2 Å². The second kappa shape index (κ2) is 3.29. The average molecular weight is 261 g/mol. The zero-order chi connectivity index (χ0) is 12.1. The molecule has 0 aromatic carbocycles. The summed E-state index contributed by atoms with van der Waals surface area (Å²) >= 11 is 0. The first-order chi connectivity index (χ1) is 6.41. The lowest BCUT2D eigenvalue weighted by molar-refractivity contribution is -0.0931. The molecule has 1 fully saturated rings. The van der Waals surface area contributed by atoms with Gasteiger partial charge in [0.25, 0.3) is 0 Å². The van der Waals surface area contributed by atoms with Crippen molar-refractivity contribution in [2.75, 3.05) is 0 Å². The second-order valence-corrected chi connectivity index (χ2v) is 8.03. The lowest BCUT2D eigenvalue weighted by Crippen LogP contribution is -2.38. The molecule has 1 rings (SSSR count). The summed E-state index contributed by atoms with van der Waals surface area (Å²) in [5.41, 5.74) is -1.36. The van der Waals surface area contributed by atoms with Gasteiger partial charge in [0.15, 0.2) is 0 Å². The quantitative estimate of drug-likeness (QED) is 0.728.